The lowest BCUT2D eigenvalue weighted by Crippen LogP contribution is -2.41. The lowest BCUT2D eigenvalue weighted by molar-refractivity contribution is -0.139. The van der Waals surface area contributed by atoms with Crippen LogP contribution in [0.25, 0.3) is 0 Å². The number of likely N-dealkylation sites (N-methyl/N-ethyl adjacent to an activating group) is 1. The third-order valence-corrected chi connectivity index (χ3v) is 3.74. The molecule has 0 aliphatic rings. The Morgan fingerprint density at radius 2 is 1.71 bits per heavy atom. The van der Waals surface area contributed by atoms with Crippen LogP contribution in [0.4, 0.5) is 0 Å². The lowest BCUT2D eigenvalue weighted by atomic mass is 10.1. The van der Waals surface area contributed by atoms with Gasteiger partial charge in [0.2, 0.25) is 11.8 Å². The van der Waals surface area contributed by atoms with Gasteiger partial charge in [-0.15, -0.1) is 0 Å². The minimum Gasteiger partial charge on any atom is -0.480 e. The van der Waals surface area contributed by atoms with E-state index in [1.54, 1.807) is 7.05 Å². The zero-order valence-electron chi connectivity index (χ0n) is 14.8. The standard InChI is InChI=1S/C16H32N4O4/c1-3-4-10-20-15(22)12(17)7-5-6-11-19-14(21)9-8-13(18-2)16(23)24/h12-13,18H,3-11,17H2,1-2H3,(H,19,21)(H,20,22)(H,23,24)/t12?,13-/m0/s1. The molecule has 0 aliphatic heterocycles. The summed E-state index contributed by atoms with van der Waals surface area (Å²) >= 11 is 0. The summed E-state index contributed by atoms with van der Waals surface area (Å²) in [7, 11) is 1.55. The van der Waals surface area contributed by atoms with Crippen LogP contribution in [-0.4, -0.2) is 55.1 Å². The molecule has 8 nitrogen and oxygen atoms in total. The van der Waals surface area contributed by atoms with E-state index in [2.05, 4.69) is 22.9 Å². The third-order valence-electron chi connectivity index (χ3n) is 3.74. The molecule has 0 rings (SSSR count). The fourth-order valence-electron chi connectivity index (χ4n) is 2.12. The van der Waals surface area contributed by atoms with Gasteiger partial charge in [0.1, 0.15) is 6.04 Å². The molecule has 0 bridgehead atoms. The van der Waals surface area contributed by atoms with Gasteiger partial charge in [-0.05, 0) is 39.2 Å². The molecule has 8 heteroatoms. The molecule has 140 valence electrons. The van der Waals surface area contributed by atoms with Crippen molar-refractivity contribution >= 4 is 17.8 Å². The molecule has 0 saturated carbocycles. The zero-order valence-corrected chi connectivity index (χ0v) is 14.8. The Morgan fingerprint density at radius 1 is 1.04 bits per heavy atom. The van der Waals surface area contributed by atoms with Crippen LogP contribution < -0.4 is 21.7 Å². The SMILES string of the molecule is CCCCNC(=O)C(N)CCCCNC(=O)CC[C@H](NC)C(=O)O. The summed E-state index contributed by atoms with van der Waals surface area (Å²) in [5.41, 5.74) is 5.80. The van der Waals surface area contributed by atoms with Crippen LogP contribution in [0.3, 0.4) is 0 Å². The Morgan fingerprint density at radius 3 is 2.29 bits per heavy atom. The molecule has 0 spiro atoms. The van der Waals surface area contributed by atoms with E-state index >= 15 is 0 Å². The van der Waals surface area contributed by atoms with E-state index in [9.17, 15) is 14.4 Å². The summed E-state index contributed by atoms with van der Waals surface area (Å²) in [6.45, 7) is 3.21. The van der Waals surface area contributed by atoms with Gasteiger partial charge in [0, 0.05) is 19.5 Å². The molecular formula is C16H32N4O4. The van der Waals surface area contributed by atoms with Gasteiger partial charge in [0.05, 0.1) is 6.04 Å². The highest BCUT2D eigenvalue weighted by Gasteiger charge is 2.16. The summed E-state index contributed by atoms with van der Waals surface area (Å²) in [6, 6.07) is -1.22. The normalized spacial score (nSPS) is 13.1. The number of carboxylic acids is 1. The first-order valence-corrected chi connectivity index (χ1v) is 8.62. The Bertz CT molecular complexity index is 390. The van der Waals surface area contributed by atoms with E-state index in [4.69, 9.17) is 10.8 Å². The van der Waals surface area contributed by atoms with E-state index in [1.165, 1.54) is 0 Å². The smallest absolute Gasteiger partial charge is 0.320 e. The van der Waals surface area contributed by atoms with Crippen LogP contribution in [0.5, 0.6) is 0 Å². The van der Waals surface area contributed by atoms with Gasteiger partial charge in [-0.3, -0.25) is 14.4 Å². The van der Waals surface area contributed by atoms with Gasteiger partial charge >= 0.3 is 5.97 Å². The maximum absolute atomic E-state index is 11.7. The summed E-state index contributed by atoms with van der Waals surface area (Å²) < 4.78 is 0. The fourth-order valence-corrected chi connectivity index (χ4v) is 2.12. The van der Waals surface area contributed by atoms with Crippen molar-refractivity contribution in [2.75, 3.05) is 20.1 Å². The molecule has 0 heterocycles. The molecule has 0 radical (unpaired) electrons. The summed E-state index contributed by atoms with van der Waals surface area (Å²) in [6.07, 6.45) is 4.44. The first kappa shape index (κ1) is 22.3. The van der Waals surface area contributed by atoms with Crippen molar-refractivity contribution in [3.63, 3.8) is 0 Å². The van der Waals surface area contributed by atoms with Crippen LogP contribution in [0.1, 0.15) is 51.9 Å². The van der Waals surface area contributed by atoms with Crippen LogP contribution >= 0.6 is 0 Å². The summed E-state index contributed by atoms with van der Waals surface area (Å²) in [5.74, 6) is -1.26. The molecule has 24 heavy (non-hydrogen) atoms. The summed E-state index contributed by atoms with van der Waals surface area (Å²) in [4.78, 5) is 34.1. The molecule has 0 fully saturated rings. The van der Waals surface area contributed by atoms with Gasteiger partial charge in [-0.25, -0.2) is 0 Å². The number of nitrogens with two attached hydrogens (primary N) is 1. The van der Waals surface area contributed by atoms with Crippen molar-refractivity contribution in [2.45, 2.75) is 64.0 Å². The number of hydrogen-bond donors (Lipinski definition) is 5. The first-order valence-electron chi connectivity index (χ1n) is 8.62. The quantitative estimate of drug-likeness (QED) is 0.281. The van der Waals surface area contributed by atoms with E-state index in [1.807, 2.05) is 0 Å². The summed E-state index contributed by atoms with van der Waals surface area (Å²) in [5, 5.41) is 17.0. The van der Waals surface area contributed by atoms with Gasteiger partial charge in [-0.2, -0.15) is 0 Å². The Labute approximate surface area is 143 Å². The second-order valence-electron chi connectivity index (χ2n) is 5.81. The maximum atomic E-state index is 11.7. The molecule has 0 aromatic heterocycles. The van der Waals surface area contributed by atoms with Gasteiger partial charge in [0.15, 0.2) is 0 Å². The maximum Gasteiger partial charge on any atom is 0.320 e. The van der Waals surface area contributed by atoms with E-state index < -0.39 is 18.1 Å². The molecule has 0 saturated heterocycles. The highest BCUT2D eigenvalue weighted by Crippen LogP contribution is 2.00. The van der Waals surface area contributed by atoms with E-state index in [-0.39, 0.29) is 24.7 Å². The molecule has 1 unspecified atom stereocenters. The van der Waals surface area contributed by atoms with Crippen molar-refractivity contribution in [3.05, 3.63) is 0 Å². The topological polar surface area (TPSA) is 134 Å². The monoisotopic (exact) mass is 344 g/mol. The zero-order chi connectivity index (χ0) is 18.4. The van der Waals surface area contributed by atoms with Gasteiger partial charge in [-0.1, -0.05) is 13.3 Å². The van der Waals surface area contributed by atoms with Gasteiger partial charge < -0.3 is 26.8 Å². The molecule has 0 aromatic rings. The second kappa shape index (κ2) is 13.7. The predicted octanol–water partition coefficient (Wildman–Crippen LogP) is -0.0307. The Hall–Kier alpha value is -1.67. The first-order chi connectivity index (χ1) is 11.4. The number of carbonyl (C=O) groups is 3. The Kier molecular flexibility index (Phi) is 12.8. The van der Waals surface area contributed by atoms with Crippen molar-refractivity contribution < 1.29 is 19.5 Å². The lowest BCUT2D eigenvalue weighted by Gasteiger charge is -2.12. The second-order valence-corrected chi connectivity index (χ2v) is 5.81. The molecule has 2 atom stereocenters. The van der Waals surface area contributed by atoms with Crippen molar-refractivity contribution in [2.24, 2.45) is 5.73 Å². The van der Waals surface area contributed by atoms with Crippen LogP contribution in [0.2, 0.25) is 0 Å². The number of rotatable bonds is 14. The number of aliphatic carboxylic acids is 1. The van der Waals surface area contributed by atoms with E-state index in [0.717, 1.165) is 25.7 Å². The number of hydrogen-bond acceptors (Lipinski definition) is 5. The molecule has 0 aromatic carbocycles. The number of unbranched alkanes of at least 4 members (excludes halogenated alkanes) is 2. The van der Waals surface area contributed by atoms with Crippen LogP contribution in [-0.2, 0) is 14.4 Å². The number of amides is 2. The molecular weight excluding hydrogens is 312 g/mol. The average molecular weight is 344 g/mol. The number of nitrogens with one attached hydrogen (secondary N) is 3. The van der Waals surface area contributed by atoms with E-state index in [0.29, 0.717) is 19.5 Å². The molecule has 2 amide bonds. The van der Waals surface area contributed by atoms with Gasteiger partial charge in [0.25, 0.3) is 0 Å². The van der Waals surface area contributed by atoms with Crippen molar-refractivity contribution in [3.8, 4) is 0 Å². The highest BCUT2D eigenvalue weighted by molar-refractivity contribution is 5.81. The third kappa shape index (κ3) is 11.0. The van der Waals surface area contributed by atoms with Crippen molar-refractivity contribution in [1.29, 1.82) is 0 Å². The average Bonchev–Trinajstić information content (AvgIpc) is 2.54. The van der Waals surface area contributed by atoms with Crippen LogP contribution in [0, 0.1) is 0 Å². The fraction of sp³-hybridized carbons (Fsp3) is 0.812. The van der Waals surface area contributed by atoms with Crippen LogP contribution in [0.15, 0.2) is 0 Å². The number of carbonyl (C=O) groups excluding carboxylic acids is 2. The highest BCUT2D eigenvalue weighted by atomic mass is 16.4. The minimum atomic E-state index is -0.962. The van der Waals surface area contributed by atoms with Crippen molar-refractivity contribution in [1.82, 2.24) is 16.0 Å². The largest absolute Gasteiger partial charge is 0.480 e. The molecule has 6 N–H and O–H groups in total. The molecule has 0 aliphatic carbocycles. The predicted molar refractivity (Wildman–Crippen MR) is 92.5 cm³/mol. The Balaban J connectivity index is 3.69. The minimum absolute atomic E-state index is 0.126. The number of carboxylic acid groups (broad SMARTS) is 1.